The summed E-state index contributed by atoms with van der Waals surface area (Å²) in [5.74, 6) is -1.06. The van der Waals surface area contributed by atoms with Crippen molar-refractivity contribution >= 4 is 11.9 Å². The van der Waals surface area contributed by atoms with E-state index < -0.39 is 11.9 Å². The number of carbonyl (C=O) groups is 2. The van der Waals surface area contributed by atoms with Crippen molar-refractivity contribution in [2.24, 2.45) is 0 Å². The van der Waals surface area contributed by atoms with Gasteiger partial charge < -0.3 is 4.74 Å². The predicted molar refractivity (Wildman–Crippen MR) is 64.4 cm³/mol. The topological polar surface area (TPSA) is 43.4 Å². The van der Waals surface area contributed by atoms with E-state index in [1.807, 2.05) is 30.3 Å². The van der Waals surface area contributed by atoms with Gasteiger partial charge in [-0.15, -0.1) is 0 Å². The number of ether oxygens (including phenoxy) is 1. The maximum absolute atomic E-state index is 11.8. The summed E-state index contributed by atoms with van der Waals surface area (Å²) in [6.45, 7) is 0. The molecule has 1 aliphatic carbocycles. The van der Waals surface area contributed by atoms with Crippen LogP contribution in [0.1, 0.15) is 31.8 Å². The van der Waals surface area contributed by atoms with Crippen LogP contribution in [0.2, 0.25) is 0 Å². The van der Waals surface area contributed by atoms with Gasteiger partial charge in [-0.2, -0.15) is 0 Å². The molecule has 3 nitrogen and oxygen atoms in total. The monoisotopic (exact) mass is 236 g/mol. The van der Waals surface area contributed by atoms with E-state index in [2.05, 4.69) is 0 Å². The number of fused-ring (bicyclic) bond motifs is 5. The Bertz CT molecular complexity index is 729. The quantitative estimate of drug-likeness (QED) is 0.445. The molecule has 0 bridgehead atoms. The minimum atomic E-state index is -0.540. The second-order valence-corrected chi connectivity index (χ2v) is 4.53. The van der Waals surface area contributed by atoms with E-state index in [9.17, 15) is 9.59 Å². The SMILES string of the molecule is O=C1OC(=O)c2c1ccc1c2-c2ccccc2C1. The van der Waals surface area contributed by atoms with E-state index in [4.69, 9.17) is 4.74 Å². The summed E-state index contributed by atoms with van der Waals surface area (Å²) in [6, 6.07) is 11.5. The molecule has 0 radical (unpaired) electrons. The van der Waals surface area contributed by atoms with Crippen LogP contribution in [0.5, 0.6) is 0 Å². The maximum atomic E-state index is 11.8. The molecule has 0 saturated carbocycles. The molecule has 0 amide bonds. The normalized spacial score (nSPS) is 15.1. The number of esters is 2. The molecule has 4 rings (SSSR count). The molecule has 0 fully saturated rings. The highest BCUT2D eigenvalue weighted by atomic mass is 16.6. The van der Waals surface area contributed by atoms with Crippen molar-refractivity contribution in [3.8, 4) is 11.1 Å². The number of rotatable bonds is 0. The third kappa shape index (κ3) is 1.03. The standard InChI is InChI=1S/C15H8O3/c16-14-11-6-5-9-7-8-3-1-2-4-10(8)12(9)13(11)15(17)18-14/h1-6H,7H2. The highest BCUT2D eigenvalue weighted by Crippen LogP contribution is 2.42. The smallest absolute Gasteiger partial charge is 0.347 e. The number of hydrogen-bond donors (Lipinski definition) is 0. The van der Waals surface area contributed by atoms with Crippen molar-refractivity contribution in [2.75, 3.05) is 0 Å². The fourth-order valence-corrected chi connectivity index (χ4v) is 2.80. The van der Waals surface area contributed by atoms with Crippen LogP contribution >= 0.6 is 0 Å². The lowest BCUT2D eigenvalue weighted by atomic mass is 9.96. The predicted octanol–water partition coefficient (Wildman–Crippen LogP) is 2.57. The third-order valence-corrected chi connectivity index (χ3v) is 3.57. The van der Waals surface area contributed by atoms with Gasteiger partial charge in [0.1, 0.15) is 0 Å². The summed E-state index contributed by atoms with van der Waals surface area (Å²) >= 11 is 0. The van der Waals surface area contributed by atoms with Gasteiger partial charge in [0, 0.05) is 5.56 Å². The lowest BCUT2D eigenvalue weighted by Gasteiger charge is -2.04. The van der Waals surface area contributed by atoms with Crippen LogP contribution in [0.4, 0.5) is 0 Å². The van der Waals surface area contributed by atoms with Crippen molar-refractivity contribution in [3.05, 3.63) is 58.7 Å². The zero-order valence-electron chi connectivity index (χ0n) is 9.40. The Balaban J connectivity index is 2.11. The molecule has 0 spiro atoms. The summed E-state index contributed by atoms with van der Waals surface area (Å²) in [5, 5.41) is 0. The molecule has 1 aliphatic heterocycles. The van der Waals surface area contributed by atoms with Crippen LogP contribution in [-0.4, -0.2) is 11.9 Å². The van der Waals surface area contributed by atoms with E-state index in [1.165, 1.54) is 5.56 Å². The highest BCUT2D eigenvalue weighted by molar-refractivity contribution is 6.18. The molecule has 0 saturated heterocycles. The van der Waals surface area contributed by atoms with E-state index in [0.717, 1.165) is 23.1 Å². The first kappa shape index (κ1) is 9.59. The Hall–Kier alpha value is -2.42. The van der Waals surface area contributed by atoms with E-state index in [0.29, 0.717) is 11.1 Å². The Morgan fingerprint density at radius 3 is 2.50 bits per heavy atom. The Morgan fingerprint density at radius 2 is 1.61 bits per heavy atom. The Labute approximate surface area is 103 Å². The second-order valence-electron chi connectivity index (χ2n) is 4.53. The van der Waals surface area contributed by atoms with Crippen molar-refractivity contribution < 1.29 is 14.3 Å². The van der Waals surface area contributed by atoms with Crippen LogP contribution in [0.15, 0.2) is 36.4 Å². The first-order valence-electron chi connectivity index (χ1n) is 5.76. The van der Waals surface area contributed by atoms with Crippen LogP contribution in [0, 0.1) is 0 Å². The van der Waals surface area contributed by atoms with Gasteiger partial charge in [0.25, 0.3) is 0 Å². The number of benzene rings is 2. The first-order chi connectivity index (χ1) is 8.75. The highest BCUT2D eigenvalue weighted by Gasteiger charge is 2.36. The average molecular weight is 236 g/mol. The van der Waals surface area contributed by atoms with Crippen LogP contribution < -0.4 is 0 Å². The molecule has 3 heteroatoms. The molecule has 0 aromatic heterocycles. The number of hydrogen-bond acceptors (Lipinski definition) is 3. The maximum Gasteiger partial charge on any atom is 0.347 e. The van der Waals surface area contributed by atoms with E-state index in [1.54, 1.807) is 6.07 Å². The van der Waals surface area contributed by atoms with E-state index in [-0.39, 0.29) is 0 Å². The van der Waals surface area contributed by atoms with Gasteiger partial charge in [0.05, 0.1) is 11.1 Å². The molecule has 0 atom stereocenters. The fraction of sp³-hybridized carbons (Fsp3) is 0.0667. The molecule has 86 valence electrons. The first-order valence-corrected chi connectivity index (χ1v) is 5.76. The van der Waals surface area contributed by atoms with Gasteiger partial charge >= 0.3 is 11.9 Å². The van der Waals surface area contributed by atoms with Crippen molar-refractivity contribution in [1.29, 1.82) is 0 Å². The number of carbonyl (C=O) groups excluding carboxylic acids is 2. The summed E-state index contributed by atoms with van der Waals surface area (Å²) in [5.41, 5.74) is 5.00. The molecular weight excluding hydrogens is 228 g/mol. The van der Waals surface area contributed by atoms with Crippen molar-refractivity contribution in [3.63, 3.8) is 0 Å². The van der Waals surface area contributed by atoms with Crippen LogP contribution in [-0.2, 0) is 11.2 Å². The average Bonchev–Trinajstić information content (AvgIpc) is 2.87. The van der Waals surface area contributed by atoms with E-state index >= 15 is 0 Å². The molecule has 0 N–H and O–H groups in total. The molecular formula is C15H8O3. The Morgan fingerprint density at radius 1 is 0.778 bits per heavy atom. The zero-order chi connectivity index (χ0) is 12.3. The summed E-state index contributed by atoms with van der Waals surface area (Å²) < 4.78 is 4.69. The van der Waals surface area contributed by atoms with Gasteiger partial charge in [-0.25, -0.2) is 9.59 Å². The fourth-order valence-electron chi connectivity index (χ4n) is 2.80. The lowest BCUT2D eigenvalue weighted by Crippen LogP contribution is -1.98. The minimum Gasteiger partial charge on any atom is -0.386 e. The van der Waals surface area contributed by atoms with Gasteiger partial charge in [0.15, 0.2) is 0 Å². The molecule has 2 aliphatic rings. The van der Waals surface area contributed by atoms with Gasteiger partial charge in [0.2, 0.25) is 0 Å². The minimum absolute atomic E-state index is 0.385. The van der Waals surface area contributed by atoms with Gasteiger partial charge in [-0.3, -0.25) is 0 Å². The summed E-state index contributed by atoms with van der Waals surface area (Å²) in [6.07, 6.45) is 0.806. The zero-order valence-corrected chi connectivity index (χ0v) is 9.40. The number of cyclic esters (lactones) is 2. The summed E-state index contributed by atoms with van der Waals surface area (Å²) in [4.78, 5) is 23.3. The molecule has 18 heavy (non-hydrogen) atoms. The van der Waals surface area contributed by atoms with Gasteiger partial charge in [-0.1, -0.05) is 30.3 Å². The molecule has 2 aromatic carbocycles. The van der Waals surface area contributed by atoms with Crippen molar-refractivity contribution in [2.45, 2.75) is 6.42 Å². The lowest BCUT2D eigenvalue weighted by molar-refractivity contribution is 0.0444. The third-order valence-electron chi connectivity index (χ3n) is 3.57. The van der Waals surface area contributed by atoms with Crippen molar-refractivity contribution in [1.82, 2.24) is 0 Å². The van der Waals surface area contributed by atoms with Gasteiger partial charge in [-0.05, 0) is 29.2 Å². The van der Waals surface area contributed by atoms with Crippen LogP contribution in [0.25, 0.3) is 11.1 Å². The second kappa shape index (κ2) is 3.07. The molecule has 0 unspecified atom stereocenters. The molecule has 1 heterocycles. The Kier molecular flexibility index (Phi) is 1.64. The summed E-state index contributed by atoms with van der Waals surface area (Å²) in [7, 11) is 0. The molecule has 2 aromatic rings. The largest absolute Gasteiger partial charge is 0.386 e. The van der Waals surface area contributed by atoms with Crippen LogP contribution in [0.3, 0.4) is 0 Å².